The van der Waals surface area contributed by atoms with Crippen molar-refractivity contribution >= 4 is 13.7 Å². The molecule has 0 unspecified atom stereocenters. The zero-order valence-corrected chi connectivity index (χ0v) is 21.2. The van der Waals surface area contributed by atoms with E-state index in [1.165, 1.54) is 6.08 Å². The summed E-state index contributed by atoms with van der Waals surface area (Å²) in [4.78, 5) is 22.9. The van der Waals surface area contributed by atoms with Crippen molar-refractivity contribution in [2.24, 2.45) is 0 Å². The van der Waals surface area contributed by atoms with Crippen molar-refractivity contribution in [1.82, 2.24) is 14.8 Å². The highest BCUT2D eigenvalue weighted by Crippen LogP contribution is 2.37. The van der Waals surface area contributed by atoms with Crippen molar-refractivity contribution in [3.8, 4) is 29.0 Å². The molecule has 0 saturated carbocycles. The maximum Gasteiger partial charge on any atom is 0.349 e. The quantitative estimate of drug-likeness (QED) is 0.216. The van der Waals surface area contributed by atoms with E-state index in [0.29, 0.717) is 34.4 Å². The summed E-state index contributed by atoms with van der Waals surface area (Å²) in [6.45, 7) is 2.25. The van der Waals surface area contributed by atoms with Crippen molar-refractivity contribution in [3.05, 3.63) is 108 Å². The molecule has 3 aromatic heterocycles. The fraction of sp³-hybridized carbons (Fsp3) is 0.111. The molecular weight excluding hydrogens is 509 g/mol. The van der Waals surface area contributed by atoms with Gasteiger partial charge in [-0.05, 0) is 55.0 Å². The molecule has 10 nitrogen and oxygen atoms in total. The molecule has 2 N–H and O–H groups in total. The van der Waals surface area contributed by atoms with Crippen LogP contribution in [0.5, 0.6) is 11.6 Å². The van der Waals surface area contributed by atoms with E-state index in [0.717, 1.165) is 17.1 Å². The molecule has 5 aromatic rings. The number of benzene rings is 2. The average molecular weight is 533 g/mol. The minimum absolute atomic E-state index is 0.192. The Hall–Kier alpha value is -4.37. The molecule has 194 valence electrons. The van der Waals surface area contributed by atoms with Crippen LogP contribution in [0, 0.1) is 6.92 Å². The Kier molecular flexibility index (Phi) is 7.28. The van der Waals surface area contributed by atoms with Gasteiger partial charge in [0.25, 0.3) is 5.89 Å². The standard InChI is InChI=1S/C27H24N3O7P/c1-19-24(28-27(37-19)25-8-5-14-34-25)18-35-23-11-9-20(10-12-23)17-36-26-21(13-15-38(31,32)33)16-30(29-26)22-6-3-2-4-7-22/h2-16H,17-18H2,1H3,(H2,31,32,33)/b15-13+. The van der Waals surface area contributed by atoms with Crippen LogP contribution < -0.4 is 9.47 Å². The first kappa shape index (κ1) is 25.3. The Balaban J connectivity index is 1.24. The van der Waals surface area contributed by atoms with Crippen molar-refractivity contribution in [3.63, 3.8) is 0 Å². The van der Waals surface area contributed by atoms with E-state index in [1.807, 2.05) is 61.5 Å². The molecule has 11 heteroatoms. The number of aryl methyl sites for hydroxylation is 1. The lowest BCUT2D eigenvalue weighted by Gasteiger charge is -2.07. The van der Waals surface area contributed by atoms with Crippen LogP contribution in [0.15, 0.2) is 93.8 Å². The normalized spacial score (nSPS) is 11.8. The second-order valence-corrected chi connectivity index (χ2v) is 9.77. The molecule has 0 aliphatic carbocycles. The van der Waals surface area contributed by atoms with Gasteiger partial charge < -0.3 is 28.1 Å². The summed E-state index contributed by atoms with van der Waals surface area (Å²) in [5.74, 6) is 3.33. The van der Waals surface area contributed by atoms with E-state index in [9.17, 15) is 14.4 Å². The molecular formula is C27H24N3O7P. The van der Waals surface area contributed by atoms with E-state index in [4.69, 9.17) is 18.3 Å². The molecule has 0 amide bonds. The molecule has 0 atom stereocenters. The molecule has 0 fully saturated rings. The maximum atomic E-state index is 11.3. The Bertz CT molecular complexity index is 1570. The summed E-state index contributed by atoms with van der Waals surface area (Å²) in [5, 5.41) is 4.45. The van der Waals surface area contributed by atoms with Crippen LogP contribution in [-0.4, -0.2) is 24.6 Å². The molecule has 0 aliphatic rings. The summed E-state index contributed by atoms with van der Waals surface area (Å²) >= 11 is 0. The number of hydrogen-bond donors (Lipinski definition) is 2. The Morgan fingerprint density at radius 1 is 1.00 bits per heavy atom. The fourth-order valence-electron chi connectivity index (χ4n) is 3.54. The first-order valence-corrected chi connectivity index (χ1v) is 13.3. The highest BCUT2D eigenvalue weighted by molar-refractivity contribution is 7.55. The van der Waals surface area contributed by atoms with Crippen LogP contribution >= 0.6 is 7.60 Å². The van der Waals surface area contributed by atoms with Gasteiger partial charge in [-0.2, -0.15) is 0 Å². The summed E-state index contributed by atoms with van der Waals surface area (Å²) < 4.78 is 35.7. The molecule has 3 heterocycles. The Labute approximate surface area is 217 Å². The highest BCUT2D eigenvalue weighted by atomic mass is 31.2. The monoisotopic (exact) mass is 533 g/mol. The zero-order valence-electron chi connectivity index (χ0n) is 20.3. The Morgan fingerprint density at radius 2 is 1.79 bits per heavy atom. The lowest BCUT2D eigenvalue weighted by Crippen LogP contribution is -2.00. The van der Waals surface area contributed by atoms with Crippen molar-refractivity contribution < 1.29 is 32.7 Å². The second-order valence-electron chi connectivity index (χ2n) is 8.30. The first-order valence-electron chi connectivity index (χ1n) is 11.6. The predicted octanol–water partition coefficient (Wildman–Crippen LogP) is 5.74. The lowest BCUT2D eigenvalue weighted by molar-refractivity contribution is 0.289. The number of hydrogen-bond acceptors (Lipinski definition) is 7. The summed E-state index contributed by atoms with van der Waals surface area (Å²) in [6.07, 6.45) is 4.52. The molecule has 0 radical (unpaired) electrons. The van der Waals surface area contributed by atoms with Crippen LogP contribution in [0.3, 0.4) is 0 Å². The zero-order chi connectivity index (χ0) is 26.5. The molecule has 0 spiro atoms. The van der Waals surface area contributed by atoms with Crippen LogP contribution in [0.25, 0.3) is 23.4 Å². The molecule has 0 bridgehead atoms. The minimum Gasteiger partial charge on any atom is -0.487 e. The van der Waals surface area contributed by atoms with Crippen molar-refractivity contribution in [1.29, 1.82) is 0 Å². The van der Waals surface area contributed by atoms with Gasteiger partial charge in [0.05, 0.1) is 17.5 Å². The van der Waals surface area contributed by atoms with Gasteiger partial charge in [0.2, 0.25) is 5.88 Å². The van der Waals surface area contributed by atoms with Crippen LogP contribution in [0.2, 0.25) is 0 Å². The van der Waals surface area contributed by atoms with Gasteiger partial charge in [-0.1, -0.05) is 30.3 Å². The molecule has 5 rings (SSSR count). The van der Waals surface area contributed by atoms with Gasteiger partial charge in [-0.25, -0.2) is 9.67 Å². The molecule has 0 aliphatic heterocycles. The number of rotatable bonds is 10. The van der Waals surface area contributed by atoms with Crippen LogP contribution in [0.4, 0.5) is 0 Å². The smallest absolute Gasteiger partial charge is 0.349 e. The second kappa shape index (κ2) is 10.9. The minimum atomic E-state index is -4.34. The lowest BCUT2D eigenvalue weighted by atomic mass is 10.2. The summed E-state index contributed by atoms with van der Waals surface area (Å²) in [6, 6.07) is 20.3. The molecule has 2 aromatic carbocycles. The third-order valence-corrected chi connectivity index (χ3v) is 6.01. The first-order chi connectivity index (χ1) is 18.3. The maximum absolute atomic E-state index is 11.3. The largest absolute Gasteiger partial charge is 0.487 e. The van der Waals surface area contributed by atoms with Gasteiger partial charge in [-0.15, -0.1) is 5.10 Å². The summed E-state index contributed by atoms with van der Waals surface area (Å²) in [7, 11) is -4.34. The van der Waals surface area contributed by atoms with Crippen LogP contribution in [0.1, 0.15) is 22.6 Å². The number of oxazole rings is 1. The van der Waals surface area contributed by atoms with E-state index in [2.05, 4.69) is 10.1 Å². The third kappa shape index (κ3) is 6.30. The third-order valence-electron chi connectivity index (χ3n) is 5.47. The number of aromatic nitrogens is 3. The number of nitrogens with zero attached hydrogens (tertiary/aromatic N) is 3. The number of furan rings is 1. The predicted molar refractivity (Wildman–Crippen MR) is 139 cm³/mol. The van der Waals surface area contributed by atoms with Gasteiger partial charge in [0.15, 0.2) is 5.76 Å². The van der Waals surface area contributed by atoms with Gasteiger partial charge >= 0.3 is 7.60 Å². The van der Waals surface area contributed by atoms with E-state index in [1.54, 1.807) is 29.3 Å². The Morgan fingerprint density at radius 3 is 2.50 bits per heavy atom. The van der Waals surface area contributed by atoms with Crippen molar-refractivity contribution in [2.45, 2.75) is 20.1 Å². The fourth-order valence-corrected chi connectivity index (χ4v) is 3.90. The van der Waals surface area contributed by atoms with E-state index < -0.39 is 7.60 Å². The molecule has 38 heavy (non-hydrogen) atoms. The highest BCUT2D eigenvalue weighted by Gasteiger charge is 2.15. The topological polar surface area (TPSA) is 133 Å². The molecule has 0 saturated heterocycles. The van der Waals surface area contributed by atoms with Crippen molar-refractivity contribution in [2.75, 3.05) is 0 Å². The number of para-hydroxylation sites is 1. The number of ether oxygens (including phenoxy) is 2. The van der Waals surface area contributed by atoms with E-state index in [-0.39, 0.29) is 19.1 Å². The average Bonchev–Trinajstić information content (AvgIpc) is 3.66. The van der Waals surface area contributed by atoms with Gasteiger partial charge in [-0.3, -0.25) is 4.57 Å². The van der Waals surface area contributed by atoms with Crippen LogP contribution in [-0.2, 0) is 17.8 Å². The van der Waals surface area contributed by atoms with E-state index >= 15 is 0 Å². The summed E-state index contributed by atoms with van der Waals surface area (Å²) in [5.41, 5.74) is 2.75. The van der Waals surface area contributed by atoms with Gasteiger partial charge in [0.1, 0.15) is 30.4 Å². The van der Waals surface area contributed by atoms with Gasteiger partial charge in [0, 0.05) is 12.0 Å². The SMILES string of the molecule is Cc1oc(-c2ccco2)nc1COc1ccc(COc2nn(-c3ccccc3)cc2/C=C/P(=O)(O)O)cc1.